The van der Waals surface area contributed by atoms with Crippen molar-refractivity contribution >= 4 is 10.8 Å². The van der Waals surface area contributed by atoms with E-state index in [1.165, 1.54) is 0 Å². The molecule has 3 atom stereocenters. The second-order valence-electron chi connectivity index (χ2n) is 6.03. The molecule has 4 heteroatoms. The Hall–Kier alpha value is -1.49. The Morgan fingerprint density at radius 1 is 1.04 bits per heavy atom. The van der Waals surface area contributed by atoms with Crippen LogP contribution in [0.15, 0.2) is 59.5 Å². The zero-order valence-electron chi connectivity index (χ0n) is 14.0. The molecule has 0 aliphatic carbocycles. The van der Waals surface area contributed by atoms with Gasteiger partial charge in [-0.05, 0) is 44.6 Å². The van der Waals surface area contributed by atoms with Crippen LogP contribution in [0.25, 0.3) is 0 Å². The molecule has 0 aliphatic heterocycles. The predicted molar refractivity (Wildman–Crippen MR) is 96.0 cm³/mol. The molecular formula is C19H25NO2S. The quantitative estimate of drug-likeness (QED) is 0.848. The van der Waals surface area contributed by atoms with E-state index in [4.69, 9.17) is 0 Å². The molecule has 0 fully saturated rings. The van der Waals surface area contributed by atoms with Gasteiger partial charge in [0.25, 0.3) is 0 Å². The summed E-state index contributed by atoms with van der Waals surface area (Å²) in [6.07, 6.45) is -0.0845. The van der Waals surface area contributed by atoms with Crippen molar-refractivity contribution in [1.82, 2.24) is 4.90 Å². The van der Waals surface area contributed by atoms with Crippen LogP contribution in [0.1, 0.15) is 24.1 Å². The largest absolute Gasteiger partial charge is 0.392 e. The van der Waals surface area contributed by atoms with Gasteiger partial charge in [0.05, 0.1) is 22.7 Å². The molecule has 1 N–H and O–H groups in total. The highest BCUT2D eigenvalue weighted by Crippen LogP contribution is 2.24. The van der Waals surface area contributed by atoms with E-state index in [-0.39, 0.29) is 11.8 Å². The third kappa shape index (κ3) is 4.99. The summed E-state index contributed by atoms with van der Waals surface area (Å²) in [6.45, 7) is 2.09. The number of aliphatic hydroxyl groups excluding tert-OH is 1. The van der Waals surface area contributed by atoms with Crippen LogP contribution >= 0.6 is 0 Å². The van der Waals surface area contributed by atoms with Gasteiger partial charge in [-0.3, -0.25) is 4.21 Å². The first-order chi connectivity index (χ1) is 11.0. The normalized spacial score (nSPS) is 15.3. The third-order valence-electron chi connectivity index (χ3n) is 4.05. The highest BCUT2D eigenvalue weighted by molar-refractivity contribution is 7.85. The predicted octanol–water partition coefficient (Wildman–Crippen LogP) is 3.02. The summed E-state index contributed by atoms with van der Waals surface area (Å²) in [5, 5.41) is 10.3. The van der Waals surface area contributed by atoms with Gasteiger partial charge in [0, 0.05) is 10.9 Å². The molecule has 0 amide bonds. The van der Waals surface area contributed by atoms with Crippen LogP contribution in [-0.2, 0) is 17.2 Å². The molecule has 2 aromatic rings. The minimum atomic E-state index is -1.21. The minimum Gasteiger partial charge on any atom is -0.392 e. The molecule has 0 aliphatic rings. The van der Waals surface area contributed by atoms with Gasteiger partial charge in [0.15, 0.2) is 0 Å². The second-order valence-corrected chi connectivity index (χ2v) is 7.50. The topological polar surface area (TPSA) is 40.5 Å². The number of aliphatic hydroxyl groups is 1. The van der Waals surface area contributed by atoms with Crippen LogP contribution in [0.2, 0.25) is 0 Å². The molecule has 0 unspecified atom stereocenters. The van der Waals surface area contributed by atoms with E-state index in [0.29, 0.717) is 6.42 Å². The fourth-order valence-electron chi connectivity index (χ4n) is 2.52. The average Bonchev–Trinajstić information content (AvgIpc) is 2.54. The summed E-state index contributed by atoms with van der Waals surface area (Å²) in [7, 11) is 2.80. The van der Waals surface area contributed by atoms with Crippen molar-refractivity contribution in [3.8, 4) is 0 Å². The van der Waals surface area contributed by atoms with E-state index < -0.39 is 16.9 Å². The molecule has 0 aromatic heterocycles. The molecule has 2 rings (SSSR count). The zero-order chi connectivity index (χ0) is 16.8. The number of benzene rings is 2. The number of hydrogen-bond donors (Lipinski definition) is 1. The Balaban J connectivity index is 2.09. The fraction of sp³-hybridized carbons (Fsp3) is 0.368. The van der Waals surface area contributed by atoms with E-state index in [1.54, 1.807) is 0 Å². The van der Waals surface area contributed by atoms with Gasteiger partial charge in [-0.25, -0.2) is 0 Å². The van der Waals surface area contributed by atoms with Gasteiger partial charge in [-0.1, -0.05) is 48.5 Å². The van der Waals surface area contributed by atoms with Crippen LogP contribution < -0.4 is 0 Å². The standard InChI is InChI=1S/C19H25NO2S/c1-15(20(2)3)18-11-7-8-12-19(18)23(22)14-17(21)13-16-9-5-4-6-10-16/h4-12,15,17,21H,13-14H2,1-3H3/t15-,17+,23+/m1/s1. The van der Waals surface area contributed by atoms with Crippen LogP contribution in [0, 0.1) is 0 Å². The Morgan fingerprint density at radius 2 is 1.65 bits per heavy atom. The maximum Gasteiger partial charge on any atom is 0.0699 e. The van der Waals surface area contributed by atoms with Crippen LogP contribution in [0.3, 0.4) is 0 Å². The van der Waals surface area contributed by atoms with E-state index in [0.717, 1.165) is 16.0 Å². The Kier molecular flexibility index (Phi) is 6.51. The number of nitrogens with zero attached hydrogens (tertiary/aromatic N) is 1. The molecule has 0 heterocycles. The molecule has 3 nitrogen and oxygen atoms in total. The molecular weight excluding hydrogens is 306 g/mol. The molecule has 0 saturated carbocycles. The lowest BCUT2D eigenvalue weighted by atomic mass is 10.1. The zero-order valence-corrected chi connectivity index (χ0v) is 14.8. The van der Waals surface area contributed by atoms with Crippen molar-refractivity contribution in [2.24, 2.45) is 0 Å². The summed E-state index contributed by atoms with van der Waals surface area (Å²) >= 11 is 0. The Labute approximate surface area is 141 Å². The maximum absolute atomic E-state index is 12.7. The van der Waals surface area contributed by atoms with Gasteiger partial charge in [0.1, 0.15) is 0 Å². The molecule has 0 bridgehead atoms. The Morgan fingerprint density at radius 3 is 2.30 bits per heavy atom. The highest BCUT2D eigenvalue weighted by atomic mass is 32.2. The minimum absolute atomic E-state index is 0.182. The summed E-state index contributed by atoms with van der Waals surface area (Å²) in [4.78, 5) is 2.91. The monoisotopic (exact) mass is 331 g/mol. The summed E-state index contributed by atoms with van der Waals surface area (Å²) in [6, 6.07) is 17.8. The van der Waals surface area contributed by atoms with Gasteiger partial charge < -0.3 is 10.0 Å². The van der Waals surface area contributed by atoms with Gasteiger partial charge in [-0.15, -0.1) is 0 Å². The van der Waals surface area contributed by atoms with E-state index in [1.807, 2.05) is 68.7 Å². The van der Waals surface area contributed by atoms with Crippen LogP contribution in [0.4, 0.5) is 0 Å². The van der Waals surface area contributed by atoms with E-state index in [2.05, 4.69) is 11.8 Å². The van der Waals surface area contributed by atoms with Crippen LogP contribution in [-0.4, -0.2) is 40.2 Å². The van der Waals surface area contributed by atoms with Gasteiger partial charge in [0.2, 0.25) is 0 Å². The van der Waals surface area contributed by atoms with Crippen molar-refractivity contribution in [2.75, 3.05) is 19.8 Å². The molecule has 0 radical (unpaired) electrons. The van der Waals surface area contributed by atoms with Crippen molar-refractivity contribution in [3.05, 3.63) is 65.7 Å². The lowest BCUT2D eigenvalue weighted by molar-refractivity contribution is 0.199. The number of rotatable bonds is 7. The molecule has 124 valence electrons. The maximum atomic E-state index is 12.7. The van der Waals surface area contributed by atoms with E-state index >= 15 is 0 Å². The van der Waals surface area contributed by atoms with Crippen molar-refractivity contribution in [1.29, 1.82) is 0 Å². The smallest absolute Gasteiger partial charge is 0.0699 e. The first kappa shape index (κ1) is 17.9. The second kappa shape index (κ2) is 8.39. The first-order valence-corrected chi connectivity index (χ1v) is 9.16. The highest BCUT2D eigenvalue weighted by Gasteiger charge is 2.18. The van der Waals surface area contributed by atoms with Crippen molar-refractivity contribution in [3.63, 3.8) is 0 Å². The van der Waals surface area contributed by atoms with Crippen molar-refractivity contribution in [2.45, 2.75) is 30.4 Å². The lowest BCUT2D eigenvalue weighted by Gasteiger charge is -2.23. The van der Waals surface area contributed by atoms with Gasteiger partial charge >= 0.3 is 0 Å². The van der Waals surface area contributed by atoms with E-state index in [9.17, 15) is 9.32 Å². The Bertz CT molecular complexity index is 643. The number of hydrogen-bond acceptors (Lipinski definition) is 3. The first-order valence-electron chi connectivity index (χ1n) is 7.84. The van der Waals surface area contributed by atoms with Crippen LogP contribution in [0.5, 0.6) is 0 Å². The molecule has 2 aromatic carbocycles. The summed E-state index contributed by atoms with van der Waals surface area (Å²) in [5.41, 5.74) is 2.12. The SMILES string of the molecule is C[C@H](c1ccccc1[S@@](=O)C[C@@H](O)Cc1ccccc1)N(C)C. The third-order valence-corrected chi connectivity index (χ3v) is 5.60. The molecule has 0 saturated heterocycles. The summed E-state index contributed by atoms with van der Waals surface area (Å²) in [5.74, 6) is 0.256. The lowest BCUT2D eigenvalue weighted by Crippen LogP contribution is -2.22. The molecule has 0 spiro atoms. The summed E-state index contributed by atoms with van der Waals surface area (Å²) < 4.78 is 12.7. The van der Waals surface area contributed by atoms with Gasteiger partial charge in [-0.2, -0.15) is 0 Å². The fourth-order valence-corrected chi connectivity index (χ4v) is 3.90. The molecule has 23 heavy (non-hydrogen) atoms. The van der Waals surface area contributed by atoms with Crippen molar-refractivity contribution < 1.29 is 9.32 Å². The average molecular weight is 331 g/mol.